The van der Waals surface area contributed by atoms with Crippen LogP contribution in [-0.4, -0.2) is 41.1 Å². The minimum absolute atomic E-state index is 0. The van der Waals surface area contributed by atoms with Gasteiger partial charge in [0.2, 0.25) is 0 Å². The van der Waals surface area contributed by atoms with E-state index in [1.54, 1.807) is 0 Å². The summed E-state index contributed by atoms with van der Waals surface area (Å²) in [7, 11) is 0. The van der Waals surface area contributed by atoms with Gasteiger partial charge in [0.05, 0.1) is 0 Å². The predicted molar refractivity (Wildman–Crippen MR) is 15.8 cm³/mol. The summed E-state index contributed by atoms with van der Waals surface area (Å²) < 4.78 is 0. The maximum absolute atomic E-state index is 8.36. The van der Waals surface area contributed by atoms with Crippen LogP contribution in [0.25, 0.3) is 0 Å². The van der Waals surface area contributed by atoms with Gasteiger partial charge in [-0.3, -0.25) is 4.79 Å². The van der Waals surface area contributed by atoms with Crippen molar-refractivity contribution in [3.63, 3.8) is 0 Å². The molecule has 31 valence electrons. The topological polar surface area (TPSA) is 37.3 Å². The van der Waals surface area contributed by atoms with Gasteiger partial charge in [0.1, 0.15) is 0 Å². The van der Waals surface area contributed by atoms with Crippen LogP contribution in [0.3, 0.4) is 0 Å². The molecule has 0 saturated heterocycles. The molecule has 0 aromatic rings. The second-order valence-corrected chi connectivity index (χ2v) is 0.105. The Morgan fingerprint density at radius 1 is 1.60 bits per heavy atom. The third kappa shape index (κ3) is 45.5. The Morgan fingerprint density at radius 3 is 1.60 bits per heavy atom. The van der Waals surface area contributed by atoms with Crippen LogP contribution in [0.5, 0.6) is 0 Å². The van der Waals surface area contributed by atoms with E-state index in [0.717, 1.165) is 0 Å². The van der Waals surface area contributed by atoms with Crippen molar-refractivity contribution >= 4 is 36.0 Å². The maximum atomic E-state index is 8.36. The predicted octanol–water partition coefficient (Wildman–Crippen LogP) is -0.950. The fourth-order valence-electron chi connectivity index (χ4n) is 0. The molecule has 0 aromatic carbocycles. The number of carboxylic acid groups (broad SMARTS) is 1. The molecule has 2 nitrogen and oxygen atoms in total. The molecule has 0 unspecified atom stereocenters. The zero-order valence-corrected chi connectivity index (χ0v) is 2.68. The van der Waals surface area contributed by atoms with E-state index in [0.29, 0.717) is 0 Å². The third-order valence-corrected chi connectivity index (χ3v) is 0. The first kappa shape index (κ1) is 16.7. The molecule has 0 aliphatic heterocycles. The van der Waals surface area contributed by atoms with Crippen LogP contribution in [0.4, 0.5) is 0 Å². The van der Waals surface area contributed by atoms with Crippen LogP contribution in [0.15, 0.2) is 0 Å². The molecule has 0 heterocycles. The average molecular weight is 134 g/mol. The molecule has 0 saturated carbocycles. The second kappa shape index (κ2) is 20.1. The molecule has 0 amide bonds. The van der Waals surface area contributed by atoms with Gasteiger partial charge in [-0.05, 0) is 0 Å². The third-order valence-electron chi connectivity index (χ3n) is 0. The summed E-state index contributed by atoms with van der Waals surface area (Å²) in [5.74, 6) is 0. The van der Waals surface area contributed by atoms with Crippen molar-refractivity contribution in [1.82, 2.24) is 0 Å². The molecule has 4 heteroatoms. The summed E-state index contributed by atoms with van der Waals surface area (Å²) in [5.41, 5.74) is 0. The van der Waals surface area contributed by atoms with Gasteiger partial charge >= 0.3 is 29.6 Å². The van der Waals surface area contributed by atoms with E-state index < -0.39 is 0 Å². The minimum atomic E-state index is -0.250. The van der Waals surface area contributed by atoms with Crippen LogP contribution >= 0.6 is 0 Å². The Hall–Kier alpha value is 0.989. The number of rotatable bonds is 0. The van der Waals surface area contributed by atoms with E-state index in [2.05, 4.69) is 0 Å². The van der Waals surface area contributed by atoms with Crippen molar-refractivity contribution in [3.05, 3.63) is 0 Å². The molecule has 0 atom stereocenters. The SMILES string of the molecule is O=CO.[Cu].[NaH]. The first-order valence-corrected chi connectivity index (χ1v) is 0.494. The second-order valence-electron chi connectivity index (χ2n) is 0.105. The molecule has 0 aliphatic rings. The fraction of sp³-hybridized carbons (Fsp3) is 0. The molecular formula is CH3CuNaO2. The quantitative estimate of drug-likeness (QED) is 0.342. The van der Waals surface area contributed by atoms with Gasteiger partial charge in [-0.15, -0.1) is 0 Å². The molecule has 5 heavy (non-hydrogen) atoms. The van der Waals surface area contributed by atoms with Crippen molar-refractivity contribution in [3.8, 4) is 0 Å². The molecule has 1 radical (unpaired) electrons. The van der Waals surface area contributed by atoms with Gasteiger partial charge in [-0.25, -0.2) is 0 Å². The Balaban J connectivity index is -0.0000000200. The van der Waals surface area contributed by atoms with Crippen LogP contribution in [0, 0.1) is 0 Å². The molecule has 0 aliphatic carbocycles. The van der Waals surface area contributed by atoms with Crippen molar-refractivity contribution in [2.75, 3.05) is 0 Å². The van der Waals surface area contributed by atoms with E-state index in [-0.39, 0.29) is 53.1 Å². The van der Waals surface area contributed by atoms with E-state index in [1.165, 1.54) is 0 Å². The van der Waals surface area contributed by atoms with E-state index >= 15 is 0 Å². The summed E-state index contributed by atoms with van der Waals surface area (Å²) in [4.78, 5) is 8.36. The Labute approximate surface area is 62.7 Å². The summed E-state index contributed by atoms with van der Waals surface area (Å²) in [5, 5.41) is 6.89. The summed E-state index contributed by atoms with van der Waals surface area (Å²) >= 11 is 0. The van der Waals surface area contributed by atoms with Crippen LogP contribution in [0.1, 0.15) is 0 Å². The monoisotopic (exact) mass is 133 g/mol. The number of hydrogen-bond donors (Lipinski definition) is 1. The molecule has 0 rings (SSSR count). The van der Waals surface area contributed by atoms with Crippen molar-refractivity contribution in [2.24, 2.45) is 0 Å². The zero-order chi connectivity index (χ0) is 2.71. The summed E-state index contributed by atoms with van der Waals surface area (Å²) in [6, 6.07) is 0. The zero-order valence-electron chi connectivity index (χ0n) is 1.73. The van der Waals surface area contributed by atoms with E-state index in [4.69, 9.17) is 9.90 Å². The summed E-state index contributed by atoms with van der Waals surface area (Å²) in [6.07, 6.45) is 0. The molecule has 0 aromatic heterocycles. The Morgan fingerprint density at radius 2 is 1.60 bits per heavy atom. The van der Waals surface area contributed by atoms with E-state index in [9.17, 15) is 0 Å². The average Bonchev–Trinajstić information content (AvgIpc) is 0.918. The van der Waals surface area contributed by atoms with Gasteiger partial charge in [-0.2, -0.15) is 0 Å². The Bertz CT molecular complexity index is 17.1. The van der Waals surface area contributed by atoms with Crippen LogP contribution in [-0.2, 0) is 21.9 Å². The van der Waals surface area contributed by atoms with E-state index in [1.807, 2.05) is 0 Å². The van der Waals surface area contributed by atoms with Crippen molar-refractivity contribution in [2.45, 2.75) is 0 Å². The van der Waals surface area contributed by atoms with Gasteiger partial charge in [0.25, 0.3) is 6.47 Å². The van der Waals surface area contributed by atoms with Gasteiger partial charge in [-0.1, -0.05) is 0 Å². The van der Waals surface area contributed by atoms with Gasteiger partial charge in [0, 0.05) is 17.1 Å². The van der Waals surface area contributed by atoms with Crippen LogP contribution < -0.4 is 0 Å². The summed E-state index contributed by atoms with van der Waals surface area (Å²) in [6.45, 7) is -0.250. The molecule has 1 N–H and O–H groups in total. The first-order valence-electron chi connectivity index (χ1n) is 0.494. The number of hydrogen-bond acceptors (Lipinski definition) is 1. The fourth-order valence-corrected chi connectivity index (χ4v) is 0. The van der Waals surface area contributed by atoms with Gasteiger partial charge < -0.3 is 5.11 Å². The van der Waals surface area contributed by atoms with Crippen molar-refractivity contribution < 1.29 is 27.0 Å². The number of carbonyl (C=O) groups is 1. The standard InChI is InChI=1S/CH2O2.Cu.Na.H/c2-1-3;;;/h1H,(H,2,3);;;. The molecule has 0 bridgehead atoms. The Kier molecular flexibility index (Phi) is 66.9. The molecular weight excluding hydrogens is 131 g/mol. The molecule has 0 spiro atoms. The van der Waals surface area contributed by atoms with Crippen LogP contribution in [0.2, 0.25) is 0 Å². The molecule has 0 fully saturated rings. The first-order chi connectivity index (χ1) is 1.41. The van der Waals surface area contributed by atoms with Gasteiger partial charge in [0.15, 0.2) is 0 Å². The normalized spacial score (nSPS) is 2.40. The van der Waals surface area contributed by atoms with Crippen molar-refractivity contribution in [1.29, 1.82) is 0 Å².